The molecule has 0 radical (unpaired) electrons. The van der Waals surface area contributed by atoms with Crippen molar-refractivity contribution in [2.45, 2.75) is 6.92 Å². The smallest absolute Gasteiger partial charge is 0.280 e. The molecular formula is C21H15N3O3. The zero-order valence-electron chi connectivity index (χ0n) is 14.5. The van der Waals surface area contributed by atoms with Gasteiger partial charge in [-0.25, -0.2) is 4.98 Å². The molecule has 0 unspecified atom stereocenters. The van der Waals surface area contributed by atoms with Gasteiger partial charge in [0.1, 0.15) is 5.82 Å². The highest BCUT2D eigenvalue weighted by atomic mass is 16.6. The third-order valence-electron chi connectivity index (χ3n) is 4.45. The van der Waals surface area contributed by atoms with E-state index in [1.165, 1.54) is 6.07 Å². The van der Waals surface area contributed by atoms with E-state index in [4.69, 9.17) is 0 Å². The van der Waals surface area contributed by atoms with E-state index in [-0.39, 0.29) is 22.6 Å². The van der Waals surface area contributed by atoms with Crippen LogP contribution in [0.25, 0.3) is 33.4 Å². The summed E-state index contributed by atoms with van der Waals surface area (Å²) in [5, 5.41) is 12.0. The second-order valence-corrected chi connectivity index (χ2v) is 6.29. The average molecular weight is 357 g/mol. The monoisotopic (exact) mass is 357 g/mol. The van der Waals surface area contributed by atoms with Crippen LogP contribution in [0.5, 0.6) is 0 Å². The first-order chi connectivity index (χ1) is 13.0. The average Bonchev–Trinajstić information content (AvgIpc) is 2.68. The lowest BCUT2D eigenvalue weighted by molar-refractivity contribution is -0.384. The Labute approximate surface area is 154 Å². The van der Waals surface area contributed by atoms with Gasteiger partial charge >= 0.3 is 0 Å². The van der Waals surface area contributed by atoms with Gasteiger partial charge in [0.2, 0.25) is 0 Å². The molecule has 0 aliphatic carbocycles. The summed E-state index contributed by atoms with van der Waals surface area (Å²) in [5.41, 5.74) is 3.20. The standard InChI is InChI=1S/C21H15N3O3/c1-13-6-8-14(9-7-13)15-10-11-19(24(26)27)17(12-15)20-22-18-5-3-2-4-16(18)21(25)23-20/h2-12H,1H3,(H,22,23,25). The van der Waals surface area contributed by atoms with Crippen LogP contribution in [0.3, 0.4) is 0 Å². The fraction of sp³-hybridized carbons (Fsp3) is 0.0476. The van der Waals surface area contributed by atoms with Gasteiger partial charge in [-0.15, -0.1) is 0 Å². The Morgan fingerprint density at radius 2 is 1.67 bits per heavy atom. The lowest BCUT2D eigenvalue weighted by Crippen LogP contribution is -2.10. The number of H-pyrrole nitrogens is 1. The number of para-hydroxylation sites is 1. The maximum atomic E-state index is 12.4. The number of aryl methyl sites for hydroxylation is 1. The molecule has 3 aromatic carbocycles. The lowest BCUT2D eigenvalue weighted by atomic mass is 10.0. The summed E-state index contributed by atoms with van der Waals surface area (Å²) in [6.45, 7) is 1.99. The summed E-state index contributed by atoms with van der Waals surface area (Å²) in [5.74, 6) is 0.180. The fourth-order valence-corrected chi connectivity index (χ4v) is 3.02. The van der Waals surface area contributed by atoms with Gasteiger partial charge < -0.3 is 4.98 Å². The van der Waals surface area contributed by atoms with Crippen LogP contribution in [0.1, 0.15) is 5.56 Å². The largest absolute Gasteiger partial charge is 0.306 e. The second kappa shape index (κ2) is 6.49. The highest BCUT2D eigenvalue weighted by molar-refractivity contribution is 5.82. The summed E-state index contributed by atoms with van der Waals surface area (Å²) in [7, 11) is 0. The molecule has 0 aliphatic heterocycles. The number of fused-ring (bicyclic) bond motifs is 1. The fourth-order valence-electron chi connectivity index (χ4n) is 3.02. The molecule has 6 heteroatoms. The molecule has 4 aromatic rings. The third-order valence-corrected chi connectivity index (χ3v) is 4.45. The number of nitro groups is 1. The lowest BCUT2D eigenvalue weighted by Gasteiger charge is -2.08. The molecule has 1 N–H and O–H groups in total. The Balaban J connectivity index is 1.95. The van der Waals surface area contributed by atoms with E-state index in [9.17, 15) is 14.9 Å². The van der Waals surface area contributed by atoms with Gasteiger partial charge in [-0.1, -0.05) is 42.0 Å². The number of benzene rings is 3. The first kappa shape index (κ1) is 16.7. The van der Waals surface area contributed by atoms with Crippen molar-refractivity contribution < 1.29 is 4.92 Å². The predicted molar refractivity (Wildman–Crippen MR) is 105 cm³/mol. The van der Waals surface area contributed by atoms with E-state index in [0.29, 0.717) is 10.9 Å². The van der Waals surface area contributed by atoms with Gasteiger partial charge in [0.25, 0.3) is 11.2 Å². The molecule has 27 heavy (non-hydrogen) atoms. The van der Waals surface area contributed by atoms with Crippen LogP contribution in [0, 0.1) is 17.0 Å². The van der Waals surface area contributed by atoms with Gasteiger partial charge in [0.15, 0.2) is 0 Å². The van der Waals surface area contributed by atoms with Gasteiger partial charge in [0.05, 0.1) is 21.4 Å². The summed E-state index contributed by atoms with van der Waals surface area (Å²) >= 11 is 0. The Bertz CT molecular complexity index is 1230. The molecule has 0 saturated carbocycles. The summed E-state index contributed by atoms with van der Waals surface area (Å²) in [4.78, 5) is 30.6. The van der Waals surface area contributed by atoms with E-state index in [1.54, 1.807) is 36.4 Å². The highest BCUT2D eigenvalue weighted by Crippen LogP contribution is 2.32. The molecule has 0 fully saturated rings. The predicted octanol–water partition coefficient (Wildman–Crippen LogP) is 4.47. The number of aromatic amines is 1. The zero-order valence-corrected chi connectivity index (χ0v) is 14.5. The Kier molecular flexibility index (Phi) is 4.01. The van der Waals surface area contributed by atoms with Crippen LogP contribution in [-0.2, 0) is 0 Å². The number of rotatable bonds is 3. The molecule has 6 nitrogen and oxygen atoms in total. The second-order valence-electron chi connectivity index (χ2n) is 6.29. The van der Waals surface area contributed by atoms with E-state index in [2.05, 4.69) is 9.97 Å². The van der Waals surface area contributed by atoms with Crippen LogP contribution < -0.4 is 5.56 Å². The van der Waals surface area contributed by atoms with E-state index in [0.717, 1.165) is 16.7 Å². The Morgan fingerprint density at radius 3 is 2.41 bits per heavy atom. The molecule has 0 atom stereocenters. The van der Waals surface area contributed by atoms with Crippen molar-refractivity contribution >= 4 is 16.6 Å². The van der Waals surface area contributed by atoms with Gasteiger partial charge in [0, 0.05) is 6.07 Å². The molecule has 1 heterocycles. The number of nitrogens with zero attached hydrogens (tertiary/aromatic N) is 2. The van der Waals surface area contributed by atoms with Crippen molar-refractivity contribution in [1.29, 1.82) is 0 Å². The van der Waals surface area contributed by atoms with Crippen LogP contribution in [0.15, 0.2) is 71.5 Å². The van der Waals surface area contributed by atoms with Crippen molar-refractivity contribution in [3.63, 3.8) is 0 Å². The molecule has 132 valence electrons. The number of aromatic nitrogens is 2. The maximum absolute atomic E-state index is 12.4. The van der Waals surface area contributed by atoms with Crippen molar-refractivity contribution in [3.8, 4) is 22.5 Å². The van der Waals surface area contributed by atoms with Crippen LogP contribution in [-0.4, -0.2) is 14.9 Å². The molecule has 0 spiro atoms. The molecular weight excluding hydrogens is 342 g/mol. The van der Waals surface area contributed by atoms with Crippen molar-refractivity contribution in [3.05, 3.63) is 92.8 Å². The minimum atomic E-state index is -0.469. The van der Waals surface area contributed by atoms with Crippen molar-refractivity contribution in [2.75, 3.05) is 0 Å². The normalized spacial score (nSPS) is 10.9. The first-order valence-corrected chi connectivity index (χ1v) is 8.38. The minimum Gasteiger partial charge on any atom is -0.306 e. The quantitative estimate of drug-likeness (QED) is 0.433. The van der Waals surface area contributed by atoms with E-state index in [1.807, 2.05) is 31.2 Å². The molecule has 0 saturated heterocycles. The molecule has 0 amide bonds. The molecule has 0 aliphatic rings. The van der Waals surface area contributed by atoms with Crippen LogP contribution in [0.4, 0.5) is 5.69 Å². The molecule has 4 rings (SSSR count). The first-order valence-electron chi connectivity index (χ1n) is 8.38. The number of nitrogens with one attached hydrogen (secondary N) is 1. The summed E-state index contributed by atoms with van der Waals surface area (Å²) in [6.07, 6.45) is 0. The summed E-state index contributed by atoms with van der Waals surface area (Å²) in [6, 6.07) is 19.6. The Morgan fingerprint density at radius 1 is 0.963 bits per heavy atom. The van der Waals surface area contributed by atoms with E-state index >= 15 is 0 Å². The molecule has 1 aromatic heterocycles. The topological polar surface area (TPSA) is 88.9 Å². The van der Waals surface area contributed by atoms with Gasteiger partial charge in [-0.2, -0.15) is 0 Å². The van der Waals surface area contributed by atoms with Crippen LogP contribution >= 0.6 is 0 Å². The van der Waals surface area contributed by atoms with Crippen LogP contribution in [0.2, 0.25) is 0 Å². The Hall–Kier alpha value is -3.80. The number of hydrogen-bond acceptors (Lipinski definition) is 4. The van der Waals surface area contributed by atoms with Gasteiger partial charge in [-0.3, -0.25) is 14.9 Å². The van der Waals surface area contributed by atoms with E-state index < -0.39 is 4.92 Å². The minimum absolute atomic E-state index is 0.107. The number of hydrogen-bond donors (Lipinski definition) is 1. The van der Waals surface area contributed by atoms with Crippen molar-refractivity contribution in [1.82, 2.24) is 9.97 Å². The van der Waals surface area contributed by atoms with Crippen molar-refractivity contribution in [2.24, 2.45) is 0 Å². The highest BCUT2D eigenvalue weighted by Gasteiger charge is 2.19. The number of nitro benzene ring substituents is 1. The maximum Gasteiger partial charge on any atom is 0.280 e. The van der Waals surface area contributed by atoms with Gasteiger partial charge in [-0.05, 0) is 42.3 Å². The molecule has 0 bridgehead atoms. The third kappa shape index (κ3) is 3.08. The zero-order chi connectivity index (χ0) is 19.0. The summed E-state index contributed by atoms with van der Waals surface area (Å²) < 4.78 is 0. The SMILES string of the molecule is Cc1ccc(-c2ccc([N+](=O)[O-])c(-c3nc4ccccc4c(=O)[nH]3)c2)cc1.